The fourth-order valence-electron chi connectivity index (χ4n) is 8.76. The summed E-state index contributed by atoms with van der Waals surface area (Å²) in [5, 5.41) is 6.30. The molecule has 0 radical (unpaired) electrons. The molecule has 352 valence electrons. The van der Waals surface area contributed by atoms with Crippen LogP contribution in [-0.4, -0.2) is 176 Å². The molecular weight excluding hydrogens is 853 g/mol. The Morgan fingerprint density at radius 2 is 1.50 bits per heavy atom. The number of carbonyl (C=O) groups excluding carboxylic acids is 5. The molecule has 2 N–H and O–H groups in total. The highest BCUT2D eigenvalue weighted by Crippen LogP contribution is 2.36. The molecule has 1 aromatic carbocycles. The number of benzene rings is 1. The standard InChI is InChI=1S/C46H58N10O10/c1-52(2)44(60)36-28-31-29-48-46(51-41(31)55(36)32-6-3-4-7-32)49-38-12-10-33(30-47-38)54-16-14-53(15-17-54)18-19-62-20-21-63-22-23-64-24-25-65-26-27-66-37-9-5-8-34-40(37)45(61)56(43(34)59)35-11-13-39(57)50-42(35)58/h5,8-10,12,28-30,32,35H,3-4,6-7,11,13-27H2,1-2H3,(H,50,57,58)(H,47,48,49,51). The van der Waals surface area contributed by atoms with Gasteiger partial charge in [0.1, 0.15) is 35.6 Å². The number of hydrogen-bond donors (Lipinski definition) is 2. The SMILES string of the molecule is CN(C)C(=O)c1cc2cnc(Nc3ccc(N4CCN(CCOCCOCCOCCOCCOc5cccc6c5C(=O)N(C5CCC(=O)NC5=O)C6=O)CC4)cn3)nc2n1C1CCCC1. The molecule has 20 nitrogen and oxygen atoms in total. The summed E-state index contributed by atoms with van der Waals surface area (Å²) in [7, 11) is 3.55. The third kappa shape index (κ3) is 11.0. The van der Waals surface area contributed by atoms with Gasteiger partial charge in [0, 0.05) is 70.9 Å². The maximum absolute atomic E-state index is 13.2. The normalized spacial score (nSPS) is 18.1. The first-order chi connectivity index (χ1) is 32.2. The van der Waals surface area contributed by atoms with E-state index >= 15 is 0 Å². The summed E-state index contributed by atoms with van der Waals surface area (Å²) in [6.45, 7) is 7.97. The van der Waals surface area contributed by atoms with Gasteiger partial charge < -0.3 is 43.4 Å². The monoisotopic (exact) mass is 910 g/mol. The summed E-state index contributed by atoms with van der Waals surface area (Å²) in [4.78, 5) is 84.4. The number of anilines is 3. The molecule has 1 unspecified atom stereocenters. The van der Waals surface area contributed by atoms with Crippen LogP contribution in [0.3, 0.4) is 0 Å². The molecule has 3 fully saturated rings. The molecule has 4 aliphatic rings. The molecule has 0 bridgehead atoms. The molecule has 5 amide bonds. The molecule has 4 aromatic rings. The summed E-state index contributed by atoms with van der Waals surface area (Å²) in [6.07, 6.45) is 8.14. The second-order valence-corrected chi connectivity index (χ2v) is 16.8. The lowest BCUT2D eigenvalue weighted by atomic mass is 10.0. The average molecular weight is 911 g/mol. The minimum absolute atomic E-state index is 0.0343. The molecule has 3 aromatic heterocycles. The number of aromatic nitrogens is 4. The van der Waals surface area contributed by atoms with E-state index in [0.29, 0.717) is 63.7 Å². The van der Waals surface area contributed by atoms with Crippen molar-refractivity contribution in [3.63, 3.8) is 0 Å². The molecule has 6 heterocycles. The Kier molecular flexibility index (Phi) is 15.5. The van der Waals surface area contributed by atoms with Gasteiger partial charge in [-0.3, -0.25) is 39.1 Å². The highest BCUT2D eigenvalue weighted by Gasteiger charge is 2.46. The second-order valence-electron chi connectivity index (χ2n) is 16.8. The van der Waals surface area contributed by atoms with Gasteiger partial charge >= 0.3 is 0 Å². The summed E-state index contributed by atoms with van der Waals surface area (Å²) in [5.41, 5.74) is 2.74. The van der Waals surface area contributed by atoms with Crippen LogP contribution in [0.25, 0.3) is 11.0 Å². The number of piperidine rings is 1. The van der Waals surface area contributed by atoms with E-state index in [1.807, 2.05) is 18.3 Å². The van der Waals surface area contributed by atoms with Crippen LogP contribution in [0.5, 0.6) is 5.75 Å². The molecule has 3 aliphatic heterocycles. The van der Waals surface area contributed by atoms with Crippen molar-refractivity contribution in [2.45, 2.75) is 50.6 Å². The first-order valence-corrected chi connectivity index (χ1v) is 22.7. The van der Waals surface area contributed by atoms with Crippen LogP contribution in [0.2, 0.25) is 0 Å². The highest BCUT2D eigenvalue weighted by molar-refractivity contribution is 6.24. The van der Waals surface area contributed by atoms with E-state index in [-0.39, 0.29) is 54.9 Å². The van der Waals surface area contributed by atoms with Gasteiger partial charge in [-0.2, -0.15) is 4.98 Å². The maximum atomic E-state index is 13.2. The van der Waals surface area contributed by atoms with Gasteiger partial charge in [0.2, 0.25) is 17.8 Å². The van der Waals surface area contributed by atoms with E-state index in [9.17, 15) is 24.0 Å². The third-order valence-corrected chi connectivity index (χ3v) is 12.2. The zero-order chi connectivity index (χ0) is 46.0. The number of pyridine rings is 1. The Labute approximate surface area is 382 Å². The fourth-order valence-corrected chi connectivity index (χ4v) is 8.76. The number of hydrogen-bond acceptors (Lipinski definition) is 16. The van der Waals surface area contributed by atoms with Crippen molar-refractivity contribution < 1.29 is 47.7 Å². The molecule has 2 saturated heterocycles. The average Bonchev–Trinajstić information content (AvgIpc) is 4.05. The van der Waals surface area contributed by atoms with Crippen LogP contribution in [-0.2, 0) is 28.5 Å². The van der Waals surface area contributed by atoms with Crippen molar-refractivity contribution in [2.24, 2.45) is 0 Å². The van der Waals surface area contributed by atoms with Crippen LogP contribution < -0.4 is 20.3 Å². The third-order valence-electron chi connectivity index (χ3n) is 12.2. The number of imide groups is 2. The van der Waals surface area contributed by atoms with Gasteiger partial charge in [-0.15, -0.1) is 0 Å². The minimum Gasteiger partial charge on any atom is -0.490 e. The van der Waals surface area contributed by atoms with Crippen molar-refractivity contribution in [3.8, 4) is 5.75 Å². The molecule has 0 spiro atoms. The van der Waals surface area contributed by atoms with Crippen molar-refractivity contribution in [1.82, 2.24) is 39.5 Å². The smallest absolute Gasteiger partial charge is 0.270 e. The first kappa shape index (κ1) is 46.5. The first-order valence-electron chi connectivity index (χ1n) is 22.7. The van der Waals surface area contributed by atoms with Crippen molar-refractivity contribution in [2.75, 3.05) is 116 Å². The van der Waals surface area contributed by atoms with Gasteiger partial charge in [-0.05, 0) is 49.6 Å². The Morgan fingerprint density at radius 1 is 0.803 bits per heavy atom. The molecule has 66 heavy (non-hydrogen) atoms. The second kappa shape index (κ2) is 22.0. The van der Waals surface area contributed by atoms with Crippen molar-refractivity contribution in [1.29, 1.82) is 0 Å². The van der Waals surface area contributed by atoms with Crippen molar-refractivity contribution in [3.05, 3.63) is 65.6 Å². The van der Waals surface area contributed by atoms with E-state index in [0.717, 1.165) is 80.0 Å². The molecule has 1 aliphatic carbocycles. The van der Waals surface area contributed by atoms with E-state index < -0.39 is 29.7 Å². The number of nitrogens with one attached hydrogen (secondary N) is 2. The summed E-state index contributed by atoms with van der Waals surface area (Å²) < 4.78 is 30.5. The van der Waals surface area contributed by atoms with E-state index in [1.54, 1.807) is 37.3 Å². The van der Waals surface area contributed by atoms with Gasteiger partial charge in [-0.1, -0.05) is 18.9 Å². The number of piperazine rings is 1. The van der Waals surface area contributed by atoms with Crippen LogP contribution >= 0.6 is 0 Å². The van der Waals surface area contributed by atoms with Crippen LogP contribution in [0, 0.1) is 0 Å². The largest absolute Gasteiger partial charge is 0.490 e. The van der Waals surface area contributed by atoms with Crippen LogP contribution in [0.1, 0.15) is 75.8 Å². The predicted molar refractivity (Wildman–Crippen MR) is 241 cm³/mol. The number of ether oxygens (including phenoxy) is 5. The molecule has 1 atom stereocenters. The van der Waals surface area contributed by atoms with E-state index in [4.69, 9.17) is 28.7 Å². The van der Waals surface area contributed by atoms with Crippen LogP contribution in [0.15, 0.2) is 48.8 Å². The van der Waals surface area contributed by atoms with Gasteiger partial charge in [0.05, 0.1) is 75.9 Å². The summed E-state index contributed by atoms with van der Waals surface area (Å²) >= 11 is 0. The fraction of sp³-hybridized carbons (Fsp3) is 0.522. The predicted octanol–water partition coefficient (Wildman–Crippen LogP) is 3.06. The van der Waals surface area contributed by atoms with E-state index in [1.165, 1.54) is 6.07 Å². The lowest BCUT2D eigenvalue weighted by Crippen LogP contribution is -2.54. The number of carbonyl (C=O) groups is 5. The Hall–Kier alpha value is -6.06. The minimum atomic E-state index is -1.04. The van der Waals surface area contributed by atoms with Gasteiger partial charge in [0.25, 0.3) is 17.7 Å². The zero-order valence-corrected chi connectivity index (χ0v) is 37.6. The number of amides is 5. The number of rotatable bonds is 22. The molecular formula is C46H58N10O10. The molecule has 8 rings (SSSR count). The lowest BCUT2D eigenvalue weighted by molar-refractivity contribution is -0.136. The van der Waals surface area contributed by atoms with E-state index in [2.05, 4.69) is 41.0 Å². The Morgan fingerprint density at radius 3 is 2.17 bits per heavy atom. The topological polar surface area (TPSA) is 212 Å². The van der Waals surface area contributed by atoms with Gasteiger partial charge in [0.15, 0.2) is 0 Å². The number of fused-ring (bicyclic) bond motifs is 2. The summed E-state index contributed by atoms with van der Waals surface area (Å²) in [6, 6.07) is 9.84. The zero-order valence-electron chi connectivity index (χ0n) is 37.6. The quantitative estimate of drug-likeness (QED) is 0.0857. The lowest BCUT2D eigenvalue weighted by Gasteiger charge is -2.35. The van der Waals surface area contributed by atoms with Crippen LogP contribution in [0.4, 0.5) is 17.5 Å². The number of nitrogens with zero attached hydrogens (tertiary/aromatic N) is 8. The molecule has 1 saturated carbocycles. The Balaban J connectivity index is 0.646. The molecule has 20 heteroatoms. The Bertz CT molecular complexity index is 2360. The summed E-state index contributed by atoms with van der Waals surface area (Å²) in [5.74, 6) is -1.00. The van der Waals surface area contributed by atoms with Crippen molar-refractivity contribution >= 4 is 58.0 Å². The maximum Gasteiger partial charge on any atom is 0.270 e. The highest BCUT2D eigenvalue weighted by atomic mass is 16.6. The van der Waals surface area contributed by atoms with Gasteiger partial charge in [-0.25, -0.2) is 9.97 Å².